The molecule has 160 valence electrons. The number of rotatable bonds is 7. The van der Waals surface area contributed by atoms with Crippen molar-refractivity contribution in [3.05, 3.63) is 65.2 Å². The van der Waals surface area contributed by atoms with E-state index in [4.69, 9.17) is 0 Å². The van der Waals surface area contributed by atoms with E-state index < -0.39 is 0 Å². The molecule has 1 aliphatic heterocycles. The highest BCUT2D eigenvalue weighted by Crippen LogP contribution is 2.23. The van der Waals surface area contributed by atoms with Crippen molar-refractivity contribution in [1.82, 2.24) is 16.0 Å². The molecule has 1 unspecified atom stereocenters. The van der Waals surface area contributed by atoms with Crippen LogP contribution in [0.4, 0.5) is 5.69 Å². The van der Waals surface area contributed by atoms with Crippen LogP contribution in [0.3, 0.4) is 0 Å². The van der Waals surface area contributed by atoms with Crippen LogP contribution in [-0.2, 0) is 6.54 Å². The standard InChI is InChI=1S/C24H33N5O/c1-4-26-23(30)21-11-7-9-19(15-21)17-27-24(25-3)28-18(2)20-10-8-12-22(16-20)29-13-5-6-14-29/h7-12,15-16,18H,4-6,13-14,17H2,1-3H3,(H,26,30)(H2,25,27,28). The van der Waals surface area contributed by atoms with E-state index >= 15 is 0 Å². The van der Waals surface area contributed by atoms with Crippen molar-refractivity contribution in [2.75, 3.05) is 31.6 Å². The topological polar surface area (TPSA) is 68.8 Å². The van der Waals surface area contributed by atoms with Crippen LogP contribution in [0, 0.1) is 0 Å². The second-order valence-corrected chi connectivity index (χ2v) is 7.64. The molecule has 0 aromatic heterocycles. The third-order valence-corrected chi connectivity index (χ3v) is 5.40. The van der Waals surface area contributed by atoms with Gasteiger partial charge in [-0.05, 0) is 62.1 Å². The number of benzene rings is 2. The van der Waals surface area contributed by atoms with Gasteiger partial charge in [0.2, 0.25) is 0 Å². The van der Waals surface area contributed by atoms with Gasteiger partial charge in [0.25, 0.3) is 5.91 Å². The van der Waals surface area contributed by atoms with Gasteiger partial charge >= 0.3 is 0 Å². The maximum atomic E-state index is 12.0. The van der Waals surface area contributed by atoms with Crippen LogP contribution in [-0.4, -0.2) is 38.5 Å². The molecular weight excluding hydrogens is 374 g/mol. The highest BCUT2D eigenvalue weighted by Gasteiger charge is 2.14. The minimum Gasteiger partial charge on any atom is -0.372 e. The molecule has 0 spiro atoms. The Morgan fingerprint density at radius 1 is 1.10 bits per heavy atom. The van der Waals surface area contributed by atoms with Crippen molar-refractivity contribution >= 4 is 17.6 Å². The third-order valence-electron chi connectivity index (χ3n) is 5.40. The van der Waals surface area contributed by atoms with E-state index in [9.17, 15) is 4.79 Å². The summed E-state index contributed by atoms with van der Waals surface area (Å²) in [5, 5.41) is 9.66. The molecule has 6 heteroatoms. The van der Waals surface area contributed by atoms with Gasteiger partial charge in [-0.3, -0.25) is 9.79 Å². The zero-order valence-corrected chi connectivity index (χ0v) is 18.2. The summed E-state index contributed by atoms with van der Waals surface area (Å²) in [6.07, 6.45) is 2.55. The normalized spacial score (nSPS) is 15.0. The average Bonchev–Trinajstić information content (AvgIpc) is 3.32. The molecule has 1 heterocycles. The molecule has 0 aliphatic carbocycles. The molecule has 1 atom stereocenters. The highest BCUT2D eigenvalue weighted by molar-refractivity contribution is 5.94. The largest absolute Gasteiger partial charge is 0.372 e. The molecule has 1 fully saturated rings. The predicted octanol–water partition coefficient (Wildman–Crippen LogP) is 3.46. The molecule has 3 N–H and O–H groups in total. The van der Waals surface area contributed by atoms with Gasteiger partial charge in [-0.2, -0.15) is 0 Å². The molecule has 1 amide bonds. The lowest BCUT2D eigenvalue weighted by atomic mass is 10.1. The number of hydrogen-bond donors (Lipinski definition) is 3. The summed E-state index contributed by atoms with van der Waals surface area (Å²) in [6.45, 7) is 7.56. The molecule has 0 radical (unpaired) electrons. The number of hydrogen-bond acceptors (Lipinski definition) is 3. The Kier molecular flexibility index (Phi) is 7.71. The summed E-state index contributed by atoms with van der Waals surface area (Å²) >= 11 is 0. The van der Waals surface area contributed by atoms with Gasteiger partial charge < -0.3 is 20.9 Å². The number of nitrogens with zero attached hydrogens (tertiary/aromatic N) is 2. The van der Waals surface area contributed by atoms with Crippen LogP contribution >= 0.6 is 0 Å². The van der Waals surface area contributed by atoms with Gasteiger partial charge in [0.1, 0.15) is 0 Å². The molecule has 1 saturated heterocycles. The minimum atomic E-state index is -0.0478. The molecule has 0 saturated carbocycles. The van der Waals surface area contributed by atoms with Crippen molar-refractivity contribution in [3.63, 3.8) is 0 Å². The predicted molar refractivity (Wildman–Crippen MR) is 124 cm³/mol. The summed E-state index contributed by atoms with van der Waals surface area (Å²) in [6, 6.07) is 16.5. The van der Waals surface area contributed by atoms with Crippen molar-refractivity contribution in [2.24, 2.45) is 4.99 Å². The Morgan fingerprint density at radius 3 is 2.60 bits per heavy atom. The van der Waals surface area contributed by atoms with Gasteiger partial charge in [-0.15, -0.1) is 0 Å². The van der Waals surface area contributed by atoms with Crippen LogP contribution in [0.1, 0.15) is 54.2 Å². The van der Waals surface area contributed by atoms with Gasteiger partial charge in [0.05, 0.1) is 6.04 Å². The SMILES string of the molecule is CCNC(=O)c1cccc(CNC(=NC)NC(C)c2cccc(N3CCCC3)c2)c1. The first-order valence-electron chi connectivity index (χ1n) is 10.8. The van der Waals surface area contributed by atoms with Crippen molar-refractivity contribution in [3.8, 4) is 0 Å². The average molecular weight is 408 g/mol. The molecule has 2 aromatic rings. The maximum Gasteiger partial charge on any atom is 0.251 e. The fourth-order valence-electron chi connectivity index (χ4n) is 3.72. The third kappa shape index (κ3) is 5.75. The first kappa shape index (κ1) is 21.7. The monoisotopic (exact) mass is 407 g/mol. The van der Waals surface area contributed by atoms with Gasteiger partial charge in [-0.25, -0.2) is 0 Å². The van der Waals surface area contributed by atoms with E-state index in [2.05, 4.69) is 57.0 Å². The summed E-state index contributed by atoms with van der Waals surface area (Å²) in [5.41, 5.74) is 4.24. The molecule has 0 bridgehead atoms. The molecule has 30 heavy (non-hydrogen) atoms. The van der Waals surface area contributed by atoms with Crippen LogP contribution in [0.5, 0.6) is 0 Å². The van der Waals surface area contributed by atoms with Crippen molar-refractivity contribution in [2.45, 2.75) is 39.3 Å². The number of aliphatic imine (C=N–C) groups is 1. The van der Waals surface area contributed by atoms with E-state index in [0.29, 0.717) is 18.7 Å². The lowest BCUT2D eigenvalue weighted by molar-refractivity contribution is 0.0955. The molecular formula is C24H33N5O. The molecule has 1 aliphatic rings. The first-order valence-corrected chi connectivity index (χ1v) is 10.8. The number of carbonyl (C=O) groups is 1. The molecule has 2 aromatic carbocycles. The zero-order valence-electron chi connectivity index (χ0n) is 18.2. The van der Waals surface area contributed by atoms with E-state index in [0.717, 1.165) is 24.6 Å². The fraction of sp³-hybridized carbons (Fsp3) is 0.417. The van der Waals surface area contributed by atoms with E-state index in [1.54, 1.807) is 7.05 Å². The quantitative estimate of drug-likeness (QED) is 0.486. The number of carbonyl (C=O) groups excluding carboxylic acids is 1. The van der Waals surface area contributed by atoms with E-state index in [1.807, 2.05) is 31.2 Å². The lowest BCUT2D eigenvalue weighted by Gasteiger charge is -2.22. The van der Waals surface area contributed by atoms with Crippen LogP contribution in [0.25, 0.3) is 0 Å². The van der Waals surface area contributed by atoms with Gasteiger partial charge in [-0.1, -0.05) is 24.3 Å². The highest BCUT2D eigenvalue weighted by atomic mass is 16.1. The first-order chi connectivity index (χ1) is 14.6. The molecule has 3 rings (SSSR count). The smallest absolute Gasteiger partial charge is 0.251 e. The fourth-order valence-corrected chi connectivity index (χ4v) is 3.72. The Morgan fingerprint density at radius 2 is 1.87 bits per heavy atom. The maximum absolute atomic E-state index is 12.0. The van der Waals surface area contributed by atoms with Crippen LogP contribution < -0.4 is 20.9 Å². The summed E-state index contributed by atoms with van der Waals surface area (Å²) in [4.78, 5) is 18.9. The minimum absolute atomic E-state index is 0.0478. The summed E-state index contributed by atoms with van der Waals surface area (Å²) in [5.74, 6) is 0.686. The Balaban J connectivity index is 1.59. The van der Waals surface area contributed by atoms with Crippen molar-refractivity contribution < 1.29 is 4.79 Å². The van der Waals surface area contributed by atoms with Crippen LogP contribution in [0.15, 0.2) is 53.5 Å². The Bertz CT molecular complexity index is 873. The Labute approximate surface area is 179 Å². The lowest BCUT2D eigenvalue weighted by Crippen LogP contribution is -2.38. The van der Waals surface area contributed by atoms with E-state index in [1.165, 1.54) is 24.1 Å². The van der Waals surface area contributed by atoms with E-state index in [-0.39, 0.29) is 11.9 Å². The number of guanidine groups is 1. The second kappa shape index (κ2) is 10.7. The van der Waals surface area contributed by atoms with Crippen LogP contribution in [0.2, 0.25) is 0 Å². The summed E-state index contributed by atoms with van der Waals surface area (Å²) < 4.78 is 0. The second-order valence-electron chi connectivity index (χ2n) is 7.64. The molecule has 6 nitrogen and oxygen atoms in total. The number of amides is 1. The Hall–Kier alpha value is -3.02. The van der Waals surface area contributed by atoms with Crippen molar-refractivity contribution in [1.29, 1.82) is 0 Å². The number of nitrogens with one attached hydrogen (secondary N) is 3. The van der Waals surface area contributed by atoms with Gasteiger partial charge in [0.15, 0.2) is 5.96 Å². The zero-order chi connectivity index (χ0) is 21.3. The summed E-state index contributed by atoms with van der Waals surface area (Å²) in [7, 11) is 1.77. The number of anilines is 1. The van der Waals surface area contributed by atoms with Gasteiger partial charge in [0, 0.05) is 44.5 Å².